The van der Waals surface area contributed by atoms with Crippen molar-refractivity contribution in [1.29, 1.82) is 0 Å². The summed E-state index contributed by atoms with van der Waals surface area (Å²) in [5.41, 5.74) is 2.05. The first-order valence-electron chi connectivity index (χ1n) is 6.18. The molecule has 1 saturated heterocycles. The Kier molecular flexibility index (Phi) is 2.98. The molecule has 1 fully saturated rings. The number of carbonyl (C=O) groups is 1. The highest BCUT2D eigenvalue weighted by molar-refractivity contribution is 5.97. The molecule has 0 spiro atoms. The molecular formula is C13H15N3O2. The van der Waals surface area contributed by atoms with Gasteiger partial charge in [0.2, 0.25) is 0 Å². The van der Waals surface area contributed by atoms with E-state index in [1.54, 1.807) is 18.2 Å². The molecule has 1 aliphatic rings. The van der Waals surface area contributed by atoms with Gasteiger partial charge in [0.1, 0.15) is 5.52 Å². The lowest BCUT2D eigenvalue weighted by atomic mass is 10.1. The number of nitrogens with zero attached hydrogens (tertiary/aromatic N) is 1. The van der Waals surface area contributed by atoms with E-state index in [2.05, 4.69) is 15.6 Å². The van der Waals surface area contributed by atoms with Crippen molar-refractivity contribution < 1.29 is 9.21 Å². The van der Waals surface area contributed by atoms with Gasteiger partial charge in [-0.1, -0.05) is 0 Å². The molecule has 3 rings (SSSR count). The molecule has 2 heterocycles. The molecule has 5 nitrogen and oxygen atoms in total. The second-order valence-corrected chi connectivity index (χ2v) is 4.53. The maximum absolute atomic E-state index is 12.1. The summed E-state index contributed by atoms with van der Waals surface area (Å²) >= 11 is 0. The van der Waals surface area contributed by atoms with Crippen LogP contribution in [0.5, 0.6) is 0 Å². The van der Waals surface area contributed by atoms with Crippen LogP contribution < -0.4 is 10.6 Å². The van der Waals surface area contributed by atoms with Crippen LogP contribution in [0.2, 0.25) is 0 Å². The number of hydrogen-bond donors (Lipinski definition) is 2. The van der Waals surface area contributed by atoms with Crippen LogP contribution in [0.1, 0.15) is 23.2 Å². The third-order valence-corrected chi connectivity index (χ3v) is 3.27. The number of piperidine rings is 1. The zero-order valence-electron chi connectivity index (χ0n) is 9.98. The minimum absolute atomic E-state index is 0.0354. The molecule has 0 aliphatic carbocycles. The second-order valence-electron chi connectivity index (χ2n) is 4.53. The van der Waals surface area contributed by atoms with Crippen LogP contribution in [-0.4, -0.2) is 30.0 Å². The quantitative estimate of drug-likeness (QED) is 0.837. The van der Waals surface area contributed by atoms with E-state index in [0.717, 1.165) is 25.9 Å². The van der Waals surface area contributed by atoms with Crippen LogP contribution in [0.25, 0.3) is 11.1 Å². The van der Waals surface area contributed by atoms with Gasteiger partial charge in [-0.15, -0.1) is 0 Å². The number of benzene rings is 1. The van der Waals surface area contributed by atoms with Gasteiger partial charge < -0.3 is 15.1 Å². The Morgan fingerprint density at radius 1 is 1.39 bits per heavy atom. The fourth-order valence-corrected chi connectivity index (χ4v) is 2.23. The van der Waals surface area contributed by atoms with Crippen molar-refractivity contribution in [3.05, 3.63) is 30.2 Å². The number of carbonyl (C=O) groups excluding carboxylic acids is 1. The lowest BCUT2D eigenvalue weighted by Crippen LogP contribution is -2.42. The normalized spacial score (nSPS) is 16.9. The molecule has 0 saturated carbocycles. The summed E-state index contributed by atoms with van der Waals surface area (Å²) in [6, 6.07) is 5.57. The summed E-state index contributed by atoms with van der Waals surface area (Å²) in [7, 11) is 0. The van der Waals surface area contributed by atoms with E-state index < -0.39 is 0 Å². The first-order valence-corrected chi connectivity index (χ1v) is 6.18. The van der Waals surface area contributed by atoms with Crippen molar-refractivity contribution in [1.82, 2.24) is 15.6 Å². The first-order chi connectivity index (χ1) is 8.83. The Bertz CT molecular complexity index is 558. The van der Waals surface area contributed by atoms with E-state index in [1.165, 1.54) is 6.39 Å². The first kappa shape index (κ1) is 11.2. The average molecular weight is 245 g/mol. The molecule has 94 valence electrons. The maximum atomic E-state index is 12.1. The van der Waals surface area contributed by atoms with E-state index in [4.69, 9.17) is 4.42 Å². The summed E-state index contributed by atoms with van der Waals surface area (Å²) in [5, 5.41) is 6.33. The molecule has 0 atom stereocenters. The van der Waals surface area contributed by atoms with E-state index >= 15 is 0 Å². The molecule has 2 aromatic rings. The zero-order chi connectivity index (χ0) is 12.4. The number of nitrogens with one attached hydrogen (secondary N) is 2. The van der Waals surface area contributed by atoms with E-state index in [1.807, 2.05) is 0 Å². The Labute approximate surface area is 105 Å². The highest BCUT2D eigenvalue weighted by Gasteiger charge is 2.16. The molecule has 1 aromatic heterocycles. The molecule has 18 heavy (non-hydrogen) atoms. The van der Waals surface area contributed by atoms with Crippen molar-refractivity contribution in [3.8, 4) is 0 Å². The van der Waals surface area contributed by atoms with Gasteiger partial charge in [-0.2, -0.15) is 0 Å². The Morgan fingerprint density at radius 2 is 2.22 bits per heavy atom. The van der Waals surface area contributed by atoms with Crippen LogP contribution in [0.4, 0.5) is 0 Å². The van der Waals surface area contributed by atoms with Crippen LogP contribution in [0.3, 0.4) is 0 Å². The molecule has 0 radical (unpaired) electrons. The van der Waals surface area contributed by atoms with Gasteiger partial charge in [0.25, 0.3) is 5.91 Å². The largest absolute Gasteiger partial charge is 0.443 e. The Morgan fingerprint density at radius 3 is 3.06 bits per heavy atom. The SMILES string of the molecule is O=C(NC1CCNCC1)c1ccc2ocnc2c1. The van der Waals surface area contributed by atoms with Crippen molar-refractivity contribution in [2.45, 2.75) is 18.9 Å². The monoisotopic (exact) mass is 245 g/mol. The fourth-order valence-electron chi connectivity index (χ4n) is 2.23. The Balaban J connectivity index is 1.74. The van der Waals surface area contributed by atoms with E-state index in [0.29, 0.717) is 16.7 Å². The van der Waals surface area contributed by atoms with Crippen LogP contribution in [-0.2, 0) is 0 Å². The summed E-state index contributed by atoms with van der Waals surface area (Å²) in [5.74, 6) is -0.0354. The van der Waals surface area contributed by atoms with Crippen LogP contribution in [0.15, 0.2) is 29.0 Å². The number of hydrogen-bond acceptors (Lipinski definition) is 4. The number of amides is 1. The van der Waals surface area contributed by atoms with Gasteiger partial charge in [0, 0.05) is 11.6 Å². The second kappa shape index (κ2) is 4.78. The lowest BCUT2D eigenvalue weighted by molar-refractivity contribution is 0.0929. The van der Waals surface area contributed by atoms with Crippen molar-refractivity contribution in [3.63, 3.8) is 0 Å². The standard InChI is InChI=1S/C13H15N3O2/c17-13(16-10-3-5-14-6-4-10)9-1-2-12-11(7-9)15-8-18-12/h1-2,7-8,10,14H,3-6H2,(H,16,17). The van der Waals surface area contributed by atoms with Crippen molar-refractivity contribution >= 4 is 17.0 Å². The van der Waals surface area contributed by atoms with Gasteiger partial charge in [-0.3, -0.25) is 4.79 Å². The van der Waals surface area contributed by atoms with E-state index in [-0.39, 0.29) is 11.9 Å². The van der Waals surface area contributed by atoms with Gasteiger partial charge in [-0.05, 0) is 44.1 Å². The fraction of sp³-hybridized carbons (Fsp3) is 0.385. The number of rotatable bonds is 2. The van der Waals surface area contributed by atoms with E-state index in [9.17, 15) is 4.79 Å². The van der Waals surface area contributed by atoms with Crippen molar-refractivity contribution in [2.75, 3.05) is 13.1 Å². The predicted molar refractivity (Wildman–Crippen MR) is 67.4 cm³/mol. The minimum atomic E-state index is -0.0354. The number of aromatic nitrogens is 1. The third-order valence-electron chi connectivity index (χ3n) is 3.27. The minimum Gasteiger partial charge on any atom is -0.443 e. The molecular weight excluding hydrogens is 230 g/mol. The van der Waals surface area contributed by atoms with Crippen LogP contribution >= 0.6 is 0 Å². The summed E-state index contributed by atoms with van der Waals surface area (Å²) in [6.45, 7) is 1.93. The average Bonchev–Trinajstić information content (AvgIpc) is 2.87. The molecule has 0 unspecified atom stereocenters. The maximum Gasteiger partial charge on any atom is 0.251 e. The van der Waals surface area contributed by atoms with Gasteiger partial charge >= 0.3 is 0 Å². The summed E-state index contributed by atoms with van der Waals surface area (Å²) < 4.78 is 5.15. The van der Waals surface area contributed by atoms with Gasteiger partial charge in [0.15, 0.2) is 12.0 Å². The topological polar surface area (TPSA) is 67.2 Å². The molecule has 1 amide bonds. The van der Waals surface area contributed by atoms with Crippen molar-refractivity contribution in [2.24, 2.45) is 0 Å². The molecule has 1 aromatic carbocycles. The number of fused-ring (bicyclic) bond motifs is 1. The Hall–Kier alpha value is -1.88. The molecule has 0 bridgehead atoms. The predicted octanol–water partition coefficient (Wildman–Crippen LogP) is 1.31. The lowest BCUT2D eigenvalue weighted by Gasteiger charge is -2.23. The van der Waals surface area contributed by atoms with Gasteiger partial charge in [-0.25, -0.2) is 4.98 Å². The van der Waals surface area contributed by atoms with Crippen LogP contribution in [0, 0.1) is 0 Å². The summed E-state index contributed by atoms with van der Waals surface area (Å²) in [6.07, 6.45) is 3.36. The summed E-state index contributed by atoms with van der Waals surface area (Å²) in [4.78, 5) is 16.1. The molecule has 1 aliphatic heterocycles. The number of oxazole rings is 1. The zero-order valence-corrected chi connectivity index (χ0v) is 9.98. The van der Waals surface area contributed by atoms with Gasteiger partial charge in [0.05, 0.1) is 0 Å². The highest BCUT2D eigenvalue weighted by Crippen LogP contribution is 2.14. The molecule has 5 heteroatoms. The smallest absolute Gasteiger partial charge is 0.251 e. The molecule has 2 N–H and O–H groups in total. The highest BCUT2D eigenvalue weighted by atomic mass is 16.3. The third kappa shape index (κ3) is 2.22.